The molecule has 2 aromatic rings. The Hall–Kier alpha value is -1.83. The standard InChI is InChI=1S/C12H7IN2O3/c13-10-5-4-8(15(17)18)7-9(10)12(16)11-3-1-2-6-14-11/h1-7H. The van der Waals surface area contributed by atoms with Crippen LogP contribution in [0.4, 0.5) is 5.69 Å². The van der Waals surface area contributed by atoms with Gasteiger partial charge < -0.3 is 0 Å². The summed E-state index contributed by atoms with van der Waals surface area (Å²) in [5, 5.41) is 10.7. The number of halogens is 1. The average molecular weight is 354 g/mol. The predicted octanol–water partition coefficient (Wildman–Crippen LogP) is 2.83. The maximum Gasteiger partial charge on any atom is 0.270 e. The first-order chi connectivity index (χ1) is 8.59. The summed E-state index contributed by atoms with van der Waals surface area (Å²) in [6.45, 7) is 0. The van der Waals surface area contributed by atoms with Gasteiger partial charge in [-0.1, -0.05) is 6.07 Å². The molecule has 1 aromatic carbocycles. The van der Waals surface area contributed by atoms with Crippen LogP contribution in [-0.4, -0.2) is 15.7 Å². The van der Waals surface area contributed by atoms with E-state index in [4.69, 9.17) is 0 Å². The van der Waals surface area contributed by atoms with Crippen LogP contribution in [0.15, 0.2) is 42.6 Å². The Balaban J connectivity index is 2.48. The Morgan fingerprint density at radius 3 is 2.67 bits per heavy atom. The van der Waals surface area contributed by atoms with Gasteiger partial charge in [0.25, 0.3) is 5.69 Å². The van der Waals surface area contributed by atoms with Crippen molar-refractivity contribution in [2.24, 2.45) is 0 Å². The summed E-state index contributed by atoms with van der Waals surface area (Å²) in [5.74, 6) is -0.316. The quantitative estimate of drug-likeness (QED) is 0.368. The number of aromatic nitrogens is 1. The minimum Gasteiger partial charge on any atom is -0.287 e. The molecule has 0 unspecified atom stereocenters. The van der Waals surface area contributed by atoms with Crippen molar-refractivity contribution in [1.82, 2.24) is 4.98 Å². The average Bonchev–Trinajstić information content (AvgIpc) is 2.39. The molecular formula is C12H7IN2O3. The summed E-state index contributed by atoms with van der Waals surface area (Å²) in [7, 11) is 0. The number of carbonyl (C=O) groups is 1. The van der Waals surface area contributed by atoms with Crippen molar-refractivity contribution >= 4 is 34.1 Å². The van der Waals surface area contributed by atoms with Gasteiger partial charge in [0.15, 0.2) is 0 Å². The number of nitrogens with zero attached hydrogens (tertiary/aromatic N) is 2. The molecule has 0 atom stereocenters. The van der Waals surface area contributed by atoms with E-state index in [2.05, 4.69) is 4.98 Å². The third kappa shape index (κ3) is 2.53. The number of ketones is 1. The molecule has 18 heavy (non-hydrogen) atoms. The second kappa shape index (κ2) is 5.21. The van der Waals surface area contributed by atoms with Gasteiger partial charge in [-0.05, 0) is 40.8 Å². The van der Waals surface area contributed by atoms with Crippen molar-refractivity contribution in [2.75, 3.05) is 0 Å². The zero-order valence-electron chi connectivity index (χ0n) is 9.04. The first-order valence-corrected chi connectivity index (χ1v) is 6.07. The fourth-order valence-electron chi connectivity index (χ4n) is 1.44. The summed E-state index contributed by atoms with van der Waals surface area (Å²) >= 11 is 1.97. The number of nitro benzene ring substituents is 1. The highest BCUT2D eigenvalue weighted by atomic mass is 127. The van der Waals surface area contributed by atoms with Crippen LogP contribution < -0.4 is 0 Å². The molecule has 2 rings (SSSR count). The molecule has 1 heterocycles. The van der Waals surface area contributed by atoms with Crippen molar-refractivity contribution in [2.45, 2.75) is 0 Å². The Bertz CT molecular complexity index is 614. The Morgan fingerprint density at radius 2 is 2.06 bits per heavy atom. The van der Waals surface area contributed by atoms with Crippen LogP contribution in [0.1, 0.15) is 16.1 Å². The molecule has 0 saturated carbocycles. The molecule has 0 aliphatic carbocycles. The van der Waals surface area contributed by atoms with Crippen LogP contribution in [0.2, 0.25) is 0 Å². The molecule has 0 amide bonds. The van der Waals surface area contributed by atoms with Gasteiger partial charge in [0.05, 0.1) is 4.92 Å². The maximum atomic E-state index is 12.2. The minimum atomic E-state index is -0.523. The molecule has 0 aliphatic rings. The van der Waals surface area contributed by atoms with E-state index in [1.54, 1.807) is 24.3 Å². The number of carbonyl (C=O) groups excluding carboxylic acids is 1. The second-order valence-electron chi connectivity index (χ2n) is 3.47. The largest absolute Gasteiger partial charge is 0.287 e. The van der Waals surface area contributed by atoms with E-state index in [0.29, 0.717) is 9.13 Å². The van der Waals surface area contributed by atoms with E-state index in [1.807, 2.05) is 22.6 Å². The zero-order chi connectivity index (χ0) is 13.1. The number of pyridine rings is 1. The third-order valence-electron chi connectivity index (χ3n) is 2.30. The van der Waals surface area contributed by atoms with Crippen LogP contribution in [0.3, 0.4) is 0 Å². The van der Waals surface area contributed by atoms with Gasteiger partial charge >= 0.3 is 0 Å². The molecule has 6 heteroatoms. The summed E-state index contributed by atoms with van der Waals surface area (Å²) in [6, 6.07) is 9.18. The molecule has 90 valence electrons. The number of hydrogen-bond acceptors (Lipinski definition) is 4. The van der Waals surface area contributed by atoms with E-state index in [1.165, 1.54) is 18.3 Å². The van der Waals surface area contributed by atoms with Gasteiger partial charge in [0.1, 0.15) is 5.69 Å². The topological polar surface area (TPSA) is 73.1 Å². The van der Waals surface area contributed by atoms with E-state index >= 15 is 0 Å². The van der Waals surface area contributed by atoms with E-state index in [9.17, 15) is 14.9 Å². The molecule has 0 radical (unpaired) electrons. The fourth-order valence-corrected chi connectivity index (χ4v) is 2.02. The van der Waals surface area contributed by atoms with Crippen LogP contribution in [0, 0.1) is 13.7 Å². The lowest BCUT2D eigenvalue weighted by Gasteiger charge is -2.03. The number of rotatable bonds is 3. The van der Waals surface area contributed by atoms with Crippen molar-refractivity contribution in [3.63, 3.8) is 0 Å². The normalized spacial score (nSPS) is 10.1. The Kier molecular flexibility index (Phi) is 3.66. The highest BCUT2D eigenvalue weighted by Gasteiger charge is 2.17. The van der Waals surface area contributed by atoms with Crippen LogP contribution in [0.5, 0.6) is 0 Å². The second-order valence-corrected chi connectivity index (χ2v) is 4.63. The van der Waals surface area contributed by atoms with Crippen molar-refractivity contribution < 1.29 is 9.72 Å². The van der Waals surface area contributed by atoms with E-state index in [-0.39, 0.29) is 17.2 Å². The molecule has 0 spiro atoms. The Morgan fingerprint density at radius 1 is 1.28 bits per heavy atom. The smallest absolute Gasteiger partial charge is 0.270 e. The van der Waals surface area contributed by atoms with Gasteiger partial charge in [0.2, 0.25) is 5.78 Å². The van der Waals surface area contributed by atoms with Gasteiger partial charge in [0, 0.05) is 27.5 Å². The molecule has 0 aliphatic heterocycles. The van der Waals surface area contributed by atoms with Crippen molar-refractivity contribution in [3.8, 4) is 0 Å². The predicted molar refractivity (Wildman–Crippen MR) is 73.5 cm³/mol. The van der Waals surface area contributed by atoms with Gasteiger partial charge in [-0.2, -0.15) is 0 Å². The first kappa shape index (κ1) is 12.6. The lowest BCUT2D eigenvalue weighted by atomic mass is 10.1. The molecular weight excluding hydrogens is 347 g/mol. The number of nitro groups is 1. The Labute approximate surface area is 116 Å². The summed E-state index contributed by atoms with van der Waals surface area (Å²) in [6.07, 6.45) is 1.51. The fraction of sp³-hybridized carbons (Fsp3) is 0. The van der Waals surface area contributed by atoms with E-state index in [0.717, 1.165) is 0 Å². The third-order valence-corrected chi connectivity index (χ3v) is 3.24. The SMILES string of the molecule is O=C(c1ccccn1)c1cc([N+](=O)[O-])ccc1I. The minimum absolute atomic E-state index is 0.102. The molecule has 0 saturated heterocycles. The lowest BCUT2D eigenvalue weighted by molar-refractivity contribution is -0.384. The summed E-state index contributed by atoms with van der Waals surface area (Å²) < 4.78 is 0.661. The molecule has 1 aromatic heterocycles. The number of benzene rings is 1. The van der Waals surface area contributed by atoms with Crippen LogP contribution in [0.25, 0.3) is 0 Å². The first-order valence-electron chi connectivity index (χ1n) is 4.99. The highest BCUT2D eigenvalue weighted by Crippen LogP contribution is 2.21. The number of non-ortho nitro benzene ring substituents is 1. The molecule has 0 fully saturated rings. The van der Waals surface area contributed by atoms with Crippen LogP contribution >= 0.6 is 22.6 Å². The van der Waals surface area contributed by atoms with E-state index < -0.39 is 4.92 Å². The molecule has 5 nitrogen and oxygen atoms in total. The van der Waals surface area contributed by atoms with Crippen LogP contribution in [-0.2, 0) is 0 Å². The van der Waals surface area contributed by atoms with Gasteiger partial charge in [-0.25, -0.2) is 0 Å². The zero-order valence-corrected chi connectivity index (χ0v) is 11.2. The van der Waals surface area contributed by atoms with Gasteiger partial charge in [-0.15, -0.1) is 0 Å². The summed E-state index contributed by atoms with van der Waals surface area (Å²) in [4.78, 5) is 26.3. The maximum absolute atomic E-state index is 12.2. The van der Waals surface area contributed by atoms with Crippen molar-refractivity contribution in [3.05, 3.63) is 67.5 Å². The highest BCUT2D eigenvalue weighted by molar-refractivity contribution is 14.1. The molecule has 0 N–H and O–H groups in total. The molecule has 0 bridgehead atoms. The van der Waals surface area contributed by atoms with Crippen molar-refractivity contribution in [1.29, 1.82) is 0 Å². The number of hydrogen-bond donors (Lipinski definition) is 0. The lowest BCUT2D eigenvalue weighted by Crippen LogP contribution is -2.06. The summed E-state index contributed by atoms with van der Waals surface area (Å²) in [5.41, 5.74) is 0.467. The van der Waals surface area contributed by atoms with Gasteiger partial charge in [-0.3, -0.25) is 19.9 Å². The monoisotopic (exact) mass is 354 g/mol.